The van der Waals surface area contributed by atoms with E-state index in [-0.39, 0.29) is 17.7 Å². The Labute approximate surface area is 176 Å². The van der Waals surface area contributed by atoms with E-state index in [9.17, 15) is 9.59 Å². The number of rotatable bonds is 5. The normalized spacial score (nSPS) is 14.1. The average Bonchev–Trinajstić information content (AvgIpc) is 3.30. The summed E-state index contributed by atoms with van der Waals surface area (Å²) in [5.74, 6) is 0.393. The molecular weight excluding hydrogens is 400 g/mol. The number of anilines is 1. The van der Waals surface area contributed by atoms with Crippen LogP contribution in [0.1, 0.15) is 17.3 Å². The van der Waals surface area contributed by atoms with E-state index < -0.39 is 0 Å². The monoisotopic (exact) mass is 420 g/mol. The summed E-state index contributed by atoms with van der Waals surface area (Å²) in [6.07, 6.45) is 1.73. The number of aromatic amines is 1. The number of likely N-dealkylation sites (tertiary alicyclic amines) is 1. The van der Waals surface area contributed by atoms with Crippen LogP contribution in [-0.4, -0.2) is 46.4 Å². The van der Waals surface area contributed by atoms with Crippen LogP contribution < -0.4 is 10.1 Å². The van der Waals surface area contributed by atoms with Crippen LogP contribution in [0.5, 0.6) is 5.75 Å². The van der Waals surface area contributed by atoms with Crippen LogP contribution in [0.25, 0.3) is 21.1 Å². The molecule has 30 heavy (non-hydrogen) atoms. The zero-order chi connectivity index (χ0) is 20.7. The second-order valence-corrected chi connectivity index (χ2v) is 8.26. The van der Waals surface area contributed by atoms with E-state index in [1.54, 1.807) is 11.1 Å². The average molecular weight is 420 g/mol. The molecule has 0 atom stereocenters. The molecule has 0 spiro atoms. The highest BCUT2D eigenvalue weighted by Gasteiger charge is 2.37. The number of fused-ring (bicyclic) bond motifs is 2. The standard InChI is InChI=1S/C22H20N4O3S/c1-2-29-14-7-8-18-19(9-14)30-22(24-18)25-20(27)13-11-26(12-13)21(28)16-10-23-17-6-4-3-5-15(16)17/h3-10,13,23H,2,11-12H2,1H3,(H,24,25,27). The lowest BCUT2D eigenvalue weighted by Gasteiger charge is -2.37. The van der Waals surface area contributed by atoms with Crippen molar-refractivity contribution < 1.29 is 14.3 Å². The number of nitrogens with one attached hydrogen (secondary N) is 2. The number of hydrogen-bond donors (Lipinski definition) is 2. The Kier molecular flexibility index (Phi) is 4.63. The van der Waals surface area contributed by atoms with E-state index in [0.29, 0.717) is 30.4 Å². The Morgan fingerprint density at radius 3 is 2.93 bits per heavy atom. The quantitative estimate of drug-likeness (QED) is 0.513. The molecule has 0 bridgehead atoms. The highest BCUT2D eigenvalue weighted by Crippen LogP contribution is 2.30. The van der Waals surface area contributed by atoms with Crippen molar-refractivity contribution in [3.8, 4) is 5.75 Å². The molecule has 1 fully saturated rings. The maximum atomic E-state index is 12.8. The molecule has 1 aliphatic heterocycles. The number of thiazole rings is 1. The van der Waals surface area contributed by atoms with Gasteiger partial charge in [0, 0.05) is 30.2 Å². The Hall–Kier alpha value is -3.39. The number of carbonyl (C=O) groups excluding carboxylic acids is 2. The topological polar surface area (TPSA) is 87.3 Å². The van der Waals surface area contributed by atoms with E-state index in [4.69, 9.17) is 4.74 Å². The predicted octanol–water partition coefficient (Wildman–Crippen LogP) is 3.89. The fourth-order valence-electron chi connectivity index (χ4n) is 3.65. The number of benzene rings is 2. The molecule has 2 aromatic carbocycles. The molecule has 0 saturated carbocycles. The molecule has 3 heterocycles. The second-order valence-electron chi connectivity index (χ2n) is 7.23. The van der Waals surface area contributed by atoms with Gasteiger partial charge in [0.25, 0.3) is 5.91 Å². The van der Waals surface area contributed by atoms with E-state index in [2.05, 4.69) is 15.3 Å². The largest absolute Gasteiger partial charge is 0.494 e. The first-order valence-electron chi connectivity index (χ1n) is 9.82. The Balaban J connectivity index is 1.22. The molecule has 2 amide bonds. The van der Waals surface area contributed by atoms with Crippen LogP contribution in [0.15, 0.2) is 48.7 Å². The van der Waals surface area contributed by atoms with Gasteiger partial charge in [-0.1, -0.05) is 29.5 Å². The molecule has 7 nitrogen and oxygen atoms in total. The molecule has 152 valence electrons. The third-order valence-electron chi connectivity index (χ3n) is 5.26. The summed E-state index contributed by atoms with van der Waals surface area (Å²) in [4.78, 5) is 34.7. The van der Waals surface area contributed by atoms with E-state index in [1.165, 1.54) is 11.3 Å². The molecule has 0 unspecified atom stereocenters. The molecule has 2 aromatic heterocycles. The number of nitrogens with zero attached hydrogens (tertiary/aromatic N) is 2. The van der Waals surface area contributed by atoms with Gasteiger partial charge in [-0.15, -0.1) is 0 Å². The van der Waals surface area contributed by atoms with E-state index in [0.717, 1.165) is 26.9 Å². The maximum absolute atomic E-state index is 12.8. The van der Waals surface area contributed by atoms with Gasteiger partial charge in [0.1, 0.15) is 5.75 Å². The van der Waals surface area contributed by atoms with Gasteiger partial charge in [0.15, 0.2) is 5.13 Å². The molecular formula is C22H20N4O3S. The summed E-state index contributed by atoms with van der Waals surface area (Å²) in [7, 11) is 0. The third-order valence-corrected chi connectivity index (χ3v) is 6.19. The Morgan fingerprint density at radius 1 is 1.27 bits per heavy atom. The first-order valence-corrected chi connectivity index (χ1v) is 10.6. The van der Waals surface area contributed by atoms with E-state index >= 15 is 0 Å². The minimum absolute atomic E-state index is 0.0556. The first-order chi connectivity index (χ1) is 14.6. The van der Waals surface area contributed by atoms with Crippen LogP contribution >= 0.6 is 11.3 Å². The third kappa shape index (κ3) is 3.29. The molecule has 2 N–H and O–H groups in total. The Bertz CT molecular complexity index is 1260. The van der Waals surface area contributed by atoms with Gasteiger partial charge in [0.05, 0.1) is 28.3 Å². The second kappa shape index (κ2) is 7.46. The van der Waals surface area contributed by atoms with Crippen molar-refractivity contribution in [3.63, 3.8) is 0 Å². The van der Waals surface area contributed by atoms with Crippen molar-refractivity contribution in [2.45, 2.75) is 6.92 Å². The van der Waals surface area contributed by atoms with Crippen molar-refractivity contribution in [1.82, 2.24) is 14.9 Å². The van der Waals surface area contributed by atoms with Crippen LogP contribution in [0.4, 0.5) is 5.13 Å². The van der Waals surface area contributed by atoms with Gasteiger partial charge < -0.3 is 19.9 Å². The summed E-state index contributed by atoms with van der Waals surface area (Å²) in [5.41, 5.74) is 2.39. The Morgan fingerprint density at radius 2 is 2.10 bits per heavy atom. The summed E-state index contributed by atoms with van der Waals surface area (Å²) < 4.78 is 6.47. The molecule has 1 saturated heterocycles. The van der Waals surface area contributed by atoms with E-state index in [1.807, 2.05) is 49.4 Å². The minimum atomic E-state index is -0.231. The van der Waals surface area contributed by atoms with Crippen LogP contribution in [0, 0.1) is 5.92 Å². The van der Waals surface area contributed by atoms with Crippen LogP contribution in [0.2, 0.25) is 0 Å². The summed E-state index contributed by atoms with van der Waals surface area (Å²) in [6, 6.07) is 13.4. The highest BCUT2D eigenvalue weighted by molar-refractivity contribution is 7.22. The zero-order valence-electron chi connectivity index (χ0n) is 16.3. The molecule has 0 radical (unpaired) electrons. The smallest absolute Gasteiger partial charge is 0.256 e. The van der Waals surface area contributed by atoms with Crippen molar-refractivity contribution in [2.24, 2.45) is 5.92 Å². The molecule has 4 aromatic rings. The number of ether oxygens (including phenoxy) is 1. The highest BCUT2D eigenvalue weighted by atomic mass is 32.1. The van der Waals surface area contributed by atoms with Crippen molar-refractivity contribution >= 4 is 49.4 Å². The van der Waals surface area contributed by atoms with Gasteiger partial charge in [-0.25, -0.2) is 4.98 Å². The number of carbonyl (C=O) groups is 2. The number of amides is 2. The van der Waals surface area contributed by atoms with Crippen molar-refractivity contribution in [2.75, 3.05) is 25.0 Å². The van der Waals surface area contributed by atoms with Crippen LogP contribution in [-0.2, 0) is 4.79 Å². The van der Waals surface area contributed by atoms with Crippen molar-refractivity contribution in [1.29, 1.82) is 0 Å². The fraction of sp³-hybridized carbons (Fsp3) is 0.227. The summed E-state index contributed by atoms with van der Waals surface area (Å²) >= 11 is 1.42. The van der Waals surface area contributed by atoms with Crippen molar-refractivity contribution in [3.05, 3.63) is 54.2 Å². The predicted molar refractivity (Wildman–Crippen MR) is 117 cm³/mol. The lowest BCUT2D eigenvalue weighted by atomic mass is 9.98. The molecule has 0 aliphatic carbocycles. The number of para-hydroxylation sites is 1. The van der Waals surface area contributed by atoms with Gasteiger partial charge in [0.2, 0.25) is 5.91 Å². The van der Waals surface area contributed by atoms with Gasteiger partial charge in [-0.05, 0) is 31.2 Å². The number of hydrogen-bond acceptors (Lipinski definition) is 5. The summed E-state index contributed by atoms with van der Waals surface area (Å²) in [5, 5.41) is 4.35. The maximum Gasteiger partial charge on any atom is 0.256 e. The SMILES string of the molecule is CCOc1ccc2nc(NC(=O)C3CN(C(=O)c4c[nH]c5ccccc45)C3)sc2c1. The molecule has 1 aliphatic rings. The number of aromatic nitrogens is 2. The van der Waals surface area contributed by atoms with Crippen LogP contribution in [0.3, 0.4) is 0 Å². The van der Waals surface area contributed by atoms with Gasteiger partial charge >= 0.3 is 0 Å². The lowest BCUT2D eigenvalue weighted by Crippen LogP contribution is -2.54. The minimum Gasteiger partial charge on any atom is -0.494 e. The zero-order valence-corrected chi connectivity index (χ0v) is 17.2. The number of H-pyrrole nitrogens is 1. The van der Waals surface area contributed by atoms with Gasteiger partial charge in [-0.2, -0.15) is 0 Å². The molecule has 5 rings (SSSR count). The summed E-state index contributed by atoms with van der Waals surface area (Å²) in [6.45, 7) is 3.35. The first kappa shape index (κ1) is 18.6. The molecule has 8 heteroatoms. The van der Waals surface area contributed by atoms with Gasteiger partial charge in [-0.3, -0.25) is 9.59 Å². The fourth-order valence-corrected chi connectivity index (χ4v) is 4.55. The lowest BCUT2D eigenvalue weighted by molar-refractivity contribution is -0.123.